The second kappa shape index (κ2) is 9.02. The normalized spacial score (nSPS) is 11.5. The van der Waals surface area contributed by atoms with Gasteiger partial charge in [-0.3, -0.25) is 9.59 Å². The number of pyridine rings is 1. The van der Waals surface area contributed by atoms with Crippen LogP contribution < -0.4 is 10.6 Å². The number of benzene rings is 1. The maximum atomic E-state index is 13.1. The number of aryl methyl sites for hydroxylation is 1. The molecule has 0 aliphatic heterocycles. The van der Waals surface area contributed by atoms with Gasteiger partial charge in [0.05, 0.1) is 34.9 Å². The maximum Gasteiger partial charge on any atom is 0.405 e. The van der Waals surface area contributed by atoms with Gasteiger partial charge in [-0.05, 0) is 36.6 Å². The fourth-order valence-corrected chi connectivity index (χ4v) is 3.97. The van der Waals surface area contributed by atoms with Crippen molar-refractivity contribution in [3.63, 3.8) is 0 Å². The van der Waals surface area contributed by atoms with Crippen molar-refractivity contribution in [1.29, 1.82) is 0 Å². The Morgan fingerprint density at radius 1 is 1.09 bits per heavy atom. The fraction of sp³-hybridized carbons (Fsp3) is 0.182. The number of fused-ring (bicyclic) bond motifs is 1. The van der Waals surface area contributed by atoms with Gasteiger partial charge in [0, 0.05) is 10.6 Å². The molecule has 2 amide bonds. The topological polar surface area (TPSA) is 88.9 Å². The van der Waals surface area contributed by atoms with Crippen LogP contribution in [-0.2, 0) is 6.54 Å². The van der Waals surface area contributed by atoms with Crippen molar-refractivity contribution in [2.75, 3.05) is 11.9 Å². The van der Waals surface area contributed by atoms with Gasteiger partial charge in [-0.15, -0.1) is 11.3 Å². The van der Waals surface area contributed by atoms with Gasteiger partial charge in [-0.25, -0.2) is 9.67 Å². The average Bonchev–Trinajstić information content (AvgIpc) is 3.42. The van der Waals surface area contributed by atoms with Crippen molar-refractivity contribution in [1.82, 2.24) is 20.1 Å². The molecule has 170 valence electrons. The number of rotatable bonds is 6. The number of carbonyl (C=O) groups excluding carboxylic acids is 2. The van der Waals surface area contributed by atoms with E-state index in [2.05, 4.69) is 15.4 Å². The molecule has 3 aromatic heterocycles. The summed E-state index contributed by atoms with van der Waals surface area (Å²) in [5, 5.41) is 11.3. The number of amides is 2. The zero-order chi connectivity index (χ0) is 23.6. The summed E-state index contributed by atoms with van der Waals surface area (Å²) >= 11 is 1.58. The van der Waals surface area contributed by atoms with E-state index in [9.17, 15) is 22.8 Å². The minimum absolute atomic E-state index is 0.0782. The number of para-hydroxylation sites is 1. The Balaban J connectivity index is 1.61. The maximum absolute atomic E-state index is 13.1. The van der Waals surface area contributed by atoms with Gasteiger partial charge in [0.2, 0.25) is 0 Å². The van der Waals surface area contributed by atoms with Gasteiger partial charge < -0.3 is 10.6 Å². The highest BCUT2D eigenvalue weighted by molar-refractivity contribution is 7.09. The van der Waals surface area contributed by atoms with Crippen molar-refractivity contribution in [3.8, 4) is 0 Å². The lowest BCUT2D eigenvalue weighted by Crippen LogP contribution is -2.34. The standard InChI is InChI=1S/C22H18F3N5O2S/c1-13-9-16(17-10-27-30(19(17)28-13)11-14-5-4-8-33-14)21(32)29-18-7-3-2-6-15(18)20(31)26-12-22(23,24)25/h2-10H,11-12H2,1H3,(H,26,31)(H,29,32). The molecule has 1 aromatic carbocycles. The number of thiophene rings is 1. The molecular weight excluding hydrogens is 455 g/mol. The van der Waals surface area contributed by atoms with Crippen molar-refractivity contribution in [2.24, 2.45) is 0 Å². The van der Waals surface area contributed by atoms with E-state index in [1.54, 1.807) is 41.3 Å². The molecular formula is C22H18F3N5O2S. The first-order valence-electron chi connectivity index (χ1n) is 9.82. The van der Waals surface area contributed by atoms with E-state index >= 15 is 0 Å². The highest BCUT2D eigenvalue weighted by Gasteiger charge is 2.28. The lowest BCUT2D eigenvalue weighted by molar-refractivity contribution is -0.123. The summed E-state index contributed by atoms with van der Waals surface area (Å²) in [6, 6.07) is 11.4. The van der Waals surface area contributed by atoms with E-state index in [1.165, 1.54) is 18.2 Å². The zero-order valence-electron chi connectivity index (χ0n) is 17.3. The lowest BCUT2D eigenvalue weighted by atomic mass is 10.1. The average molecular weight is 473 g/mol. The summed E-state index contributed by atoms with van der Waals surface area (Å²) in [6.45, 7) is 0.778. The Morgan fingerprint density at radius 2 is 1.88 bits per heavy atom. The van der Waals surface area contributed by atoms with E-state index in [1.807, 2.05) is 22.8 Å². The van der Waals surface area contributed by atoms with Crippen LogP contribution in [0, 0.1) is 6.92 Å². The first-order chi connectivity index (χ1) is 15.7. The van der Waals surface area contributed by atoms with E-state index < -0.39 is 24.5 Å². The number of hydrogen-bond acceptors (Lipinski definition) is 5. The Bertz CT molecular complexity index is 1320. The third kappa shape index (κ3) is 5.20. The Kier molecular flexibility index (Phi) is 6.14. The number of hydrogen-bond donors (Lipinski definition) is 2. The van der Waals surface area contributed by atoms with Gasteiger partial charge in [0.25, 0.3) is 11.8 Å². The molecule has 0 aliphatic rings. The summed E-state index contributed by atoms with van der Waals surface area (Å²) in [5.41, 5.74) is 1.43. The van der Waals surface area contributed by atoms with Crippen LogP contribution in [0.3, 0.4) is 0 Å². The molecule has 0 radical (unpaired) electrons. The summed E-state index contributed by atoms with van der Waals surface area (Å²) in [6.07, 6.45) is -3.00. The van der Waals surface area contributed by atoms with Crippen LogP contribution in [-0.4, -0.2) is 39.3 Å². The Labute approximate surface area is 190 Å². The predicted octanol–water partition coefficient (Wildman–Crippen LogP) is 4.39. The largest absolute Gasteiger partial charge is 0.405 e. The van der Waals surface area contributed by atoms with E-state index in [-0.39, 0.29) is 11.3 Å². The number of carbonyl (C=O) groups is 2. The zero-order valence-corrected chi connectivity index (χ0v) is 18.1. The van der Waals surface area contributed by atoms with Crippen LogP contribution in [0.25, 0.3) is 11.0 Å². The smallest absolute Gasteiger partial charge is 0.343 e. The van der Waals surface area contributed by atoms with Crippen molar-refractivity contribution >= 4 is 39.9 Å². The van der Waals surface area contributed by atoms with Crippen molar-refractivity contribution < 1.29 is 22.8 Å². The molecule has 4 rings (SSSR count). The van der Waals surface area contributed by atoms with Crippen LogP contribution in [0.15, 0.2) is 54.0 Å². The lowest BCUT2D eigenvalue weighted by Gasteiger charge is -2.13. The van der Waals surface area contributed by atoms with E-state index in [0.29, 0.717) is 28.8 Å². The van der Waals surface area contributed by atoms with E-state index in [0.717, 1.165) is 4.88 Å². The molecule has 0 unspecified atom stereocenters. The Hall–Kier alpha value is -3.73. The summed E-state index contributed by atoms with van der Waals surface area (Å²) in [7, 11) is 0. The number of anilines is 1. The molecule has 2 N–H and O–H groups in total. The SMILES string of the molecule is Cc1cc(C(=O)Nc2ccccc2C(=O)NCC(F)(F)F)c2cnn(Cc3cccs3)c2n1. The summed E-state index contributed by atoms with van der Waals surface area (Å²) in [5.74, 6) is -1.47. The summed E-state index contributed by atoms with van der Waals surface area (Å²) in [4.78, 5) is 31.0. The first-order valence-corrected chi connectivity index (χ1v) is 10.7. The molecule has 0 spiro atoms. The van der Waals surface area contributed by atoms with Gasteiger partial charge in [0.1, 0.15) is 6.54 Å². The second-order valence-electron chi connectivity index (χ2n) is 7.23. The van der Waals surface area contributed by atoms with Gasteiger partial charge in [-0.1, -0.05) is 18.2 Å². The number of nitrogens with one attached hydrogen (secondary N) is 2. The van der Waals surface area contributed by atoms with Crippen LogP contribution in [0.1, 0.15) is 31.3 Å². The van der Waals surface area contributed by atoms with Crippen molar-refractivity contribution in [2.45, 2.75) is 19.6 Å². The molecule has 0 saturated carbocycles. The third-order valence-electron chi connectivity index (χ3n) is 4.74. The number of nitrogens with zero attached hydrogens (tertiary/aromatic N) is 3. The summed E-state index contributed by atoms with van der Waals surface area (Å²) < 4.78 is 39.1. The minimum atomic E-state index is -4.54. The van der Waals surface area contributed by atoms with Crippen LogP contribution >= 0.6 is 11.3 Å². The number of halogens is 3. The second-order valence-corrected chi connectivity index (χ2v) is 8.26. The molecule has 0 bridgehead atoms. The van der Waals surface area contributed by atoms with Gasteiger partial charge in [0.15, 0.2) is 5.65 Å². The number of aromatic nitrogens is 3. The monoisotopic (exact) mass is 473 g/mol. The fourth-order valence-electron chi connectivity index (χ4n) is 3.28. The molecule has 3 heterocycles. The molecule has 4 aromatic rings. The molecule has 7 nitrogen and oxygen atoms in total. The van der Waals surface area contributed by atoms with Crippen LogP contribution in [0.4, 0.5) is 18.9 Å². The number of alkyl halides is 3. The van der Waals surface area contributed by atoms with Crippen molar-refractivity contribution in [3.05, 3.63) is 75.7 Å². The highest BCUT2D eigenvalue weighted by Crippen LogP contribution is 2.23. The molecule has 33 heavy (non-hydrogen) atoms. The van der Waals surface area contributed by atoms with Gasteiger partial charge >= 0.3 is 6.18 Å². The molecule has 0 atom stereocenters. The van der Waals surface area contributed by atoms with E-state index in [4.69, 9.17) is 0 Å². The highest BCUT2D eigenvalue weighted by atomic mass is 32.1. The van der Waals surface area contributed by atoms with Gasteiger partial charge in [-0.2, -0.15) is 18.3 Å². The molecule has 11 heteroatoms. The molecule has 0 fully saturated rings. The van der Waals surface area contributed by atoms with Crippen LogP contribution in [0.5, 0.6) is 0 Å². The van der Waals surface area contributed by atoms with Crippen LogP contribution in [0.2, 0.25) is 0 Å². The first kappa shape index (κ1) is 22.5. The quantitative estimate of drug-likeness (QED) is 0.435. The minimum Gasteiger partial charge on any atom is -0.343 e. The molecule has 0 saturated heterocycles. The Morgan fingerprint density at radius 3 is 2.61 bits per heavy atom. The third-order valence-corrected chi connectivity index (χ3v) is 5.60. The predicted molar refractivity (Wildman–Crippen MR) is 118 cm³/mol. The molecule has 0 aliphatic carbocycles.